The molecule has 1 fully saturated rings. The Morgan fingerprint density at radius 2 is 2.50 bits per heavy atom. The second-order valence-corrected chi connectivity index (χ2v) is 3.64. The predicted octanol–water partition coefficient (Wildman–Crippen LogP) is 2.04. The lowest BCUT2D eigenvalue weighted by Crippen LogP contribution is -2.12. The van der Waals surface area contributed by atoms with Crippen LogP contribution in [0.1, 0.15) is 12.1 Å². The fourth-order valence-corrected chi connectivity index (χ4v) is 1.56. The SMILES string of the molecule is Clc1cccc(COC2CCOC2)n1. The lowest BCUT2D eigenvalue weighted by Gasteiger charge is -2.08. The molecular formula is C10H12ClNO2. The summed E-state index contributed by atoms with van der Waals surface area (Å²) in [4.78, 5) is 4.13. The van der Waals surface area contributed by atoms with Gasteiger partial charge in [-0.25, -0.2) is 4.98 Å². The van der Waals surface area contributed by atoms with Crippen molar-refractivity contribution in [1.29, 1.82) is 0 Å². The zero-order chi connectivity index (χ0) is 9.80. The van der Waals surface area contributed by atoms with Crippen LogP contribution in [0.5, 0.6) is 0 Å². The van der Waals surface area contributed by atoms with Crippen molar-refractivity contribution in [2.45, 2.75) is 19.1 Å². The van der Waals surface area contributed by atoms with Crippen LogP contribution in [0.4, 0.5) is 0 Å². The third-order valence-corrected chi connectivity index (χ3v) is 2.34. The van der Waals surface area contributed by atoms with Gasteiger partial charge in [0.2, 0.25) is 0 Å². The number of halogens is 1. The van der Waals surface area contributed by atoms with Crippen molar-refractivity contribution in [3.8, 4) is 0 Å². The minimum absolute atomic E-state index is 0.218. The molecule has 0 bridgehead atoms. The van der Waals surface area contributed by atoms with Crippen molar-refractivity contribution < 1.29 is 9.47 Å². The molecule has 0 amide bonds. The number of pyridine rings is 1. The Hall–Kier alpha value is -0.640. The van der Waals surface area contributed by atoms with E-state index in [4.69, 9.17) is 21.1 Å². The van der Waals surface area contributed by atoms with Crippen LogP contribution in [0.2, 0.25) is 5.15 Å². The van der Waals surface area contributed by atoms with Gasteiger partial charge < -0.3 is 9.47 Å². The van der Waals surface area contributed by atoms with Gasteiger partial charge in [-0.2, -0.15) is 0 Å². The standard InChI is InChI=1S/C10H12ClNO2/c11-10-3-1-2-8(12-10)6-14-9-4-5-13-7-9/h1-3,9H,4-7H2. The molecule has 2 heterocycles. The lowest BCUT2D eigenvalue weighted by molar-refractivity contribution is 0.0301. The van der Waals surface area contributed by atoms with Crippen LogP contribution in [0.3, 0.4) is 0 Å². The topological polar surface area (TPSA) is 31.4 Å². The Bertz CT molecular complexity index is 300. The summed E-state index contributed by atoms with van der Waals surface area (Å²) in [5, 5.41) is 0.508. The summed E-state index contributed by atoms with van der Waals surface area (Å²) in [6.45, 7) is 2.00. The van der Waals surface area contributed by atoms with Crippen LogP contribution in [0.15, 0.2) is 18.2 Å². The Morgan fingerprint density at radius 3 is 3.21 bits per heavy atom. The van der Waals surface area contributed by atoms with Crippen LogP contribution in [-0.2, 0) is 16.1 Å². The van der Waals surface area contributed by atoms with Crippen molar-refractivity contribution >= 4 is 11.6 Å². The highest BCUT2D eigenvalue weighted by Crippen LogP contribution is 2.11. The van der Waals surface area contributed by atoms with Gasteiger partial charge in [-0.15, -0.1) is 0 Å². The fourth-order valence-electron chi connectivity index (χ4n) is 1.38. The van der Waals surface area contributed by atoms with Crippen LogP contribution in [-0.4, -0.2) is 24.3 Å². The second kappa shape index (κ2) is 4.73. The number of rotatable bonds is 3. The summed E-state index contributed by atoms with van der Waals surface area (Å²) in [6.07, 6.45) is 1.19. The molecule has 1 unspecified atom stereocenters. The minimum Gasteiger partial charge on any atom is -0.379 e. The Labute approximate surface area is 88.0 Å². The van der Waals surface area contributed by atoms with Crippen molar-refractivity contribution in [1.82, 2.24) is 4.98 Å². The van der Waals surface area contributed by atoms with Gasteiger partial charge in [-0.1, -0.05) is 17.7 Å². The van der Waals surface area contributed by atoms with Gasteiger partial charge >= 0.3 is 0 Å². The first-order valence-electron chi connectivity index (χ1n) is 4.65. The van der Waals surface area contributed by atoms with E-state index in [1.807, 2.05) is 12.1 Å². The van der Waals surface area contributed by atoms with Gasteiger partial charge in [0.1, 0.15) is 5.15 Å². The molecule has 2 rings (SSSR count). The van der Waals surface area contributed by atoms with Crippen molar-refractivity contribution in [3.63, 3.8) is 0 Å². The number of hydrogen-bond acceptors (Lipinski definition) is 3. The van der Waals surface area contributed by atoms with E-state index in [0.717, 1.165) is 18.7 Å². The third kappa shape index (κ3) is 2.67. The van der Waals surface area contributed by atoms with E-state index in [-0.39, 0.29) is 6.10 Å². The Balaban J connectivity index is 1.85. The summed E-state index contributed by atoms with van der Waals surface area (Å²) in [7, 11) is 0. The van der Waals surface area contributed by atoms with Crippen molar-refractivity contribution in [2.24, 2.45) is 0 Å². The molecule has 0 saturated carbocycles. The molecule has 0 aliphatic carbocycles. The highest BCUT2D eigenvalue weighted by Gasteiger charge is 2.15. The monoisotopic (exact) mass is 213 g/mol. The maximum absolute atomic E-state index is 5.75. The number of nitrogens with zero attached hydrogens (tertiary/aromatic N) is 1. The van der Waals surface area contributed by atoms with Crippen LogP contribution >= 0.6 is 11.6 Å². The number of aromatic nitrogens is 1. The van der Waals surface area contributed by atoms with Gasteiger partial charge in [0, 0.05) is 6.61 Å². The molecule has 1 aromatic rings. The van der Waals surface area contributed by atoms with Gasteiger partial charge in [0.25, 0.3) is 0 Å². The van der Waals surface area contributed by atoms with E-state index in [0.29, 0.717) is 18.4 Å². The van der Waals surface area contributed by atoms with E-state index >= 15 is 0 Å². The molecule has 3 nitrogen and oxygen atoms in total. The van der Waals surface area contributed by atoms with Crippen LogP contribution < -0.4 is 0 Å². The maximum atomic E-state index is 5.75. The van der Waals surface area contributed by atoms with Crippen molar-refractivity contribution in [2.75, 3.05) is 13.2 Å². The number of ether oxygens (including phenoxy) is 2. The molecule has 0 radical (unpaired) electrons. The summed E-state index contributed by atoms with van der Waals surface area (Å²) >= 11 is 5.75. The Kier molecular flexibility index (Phi) is 3.35. The van der Waals surface area contributed by atoms with Crippen molar-refractivity contribution in [3.05, 3.63) is 29.0 Å². The fraction of sp³-hybridized carbons (Fsp3) is 0.500. The maximum Gasteiger partial charge on any atom is 0.129 e. The molecule has 1 saturated heterocycles. The third-order valence-electron chi connectivity index (χ3n) is 2.13. The molecule has 0 aromatic carbocycles. The molecular weight excluding hydrogens is 202 g/mol. The molecule has 0 N–H and O–H groups in total. The van der Waals surface area contributed by atoms with Gasteiger partial charge in [0.15, 0.2) is 0 Å². The summed E-state index contributed by atoms with van der Waals surface area (Å²) in [5.74, 6) is 0. The molecule has 76 valence electrons. The first-order valence-corrected chi connectivity index (χ1v) is 5.03. The van der Waals surface area contributed by atoms with Gasteiger partial charge in [0.05, 0.1) is 25.0 Å². The highest BCUT2D eigenvalue weighted by atomic mass is 35.5. The second-order valence-electron chi connectivity index (χ2n) is 3.25. The predicted molar refractivity (Wildman–Crippen MR) is 53.3 cm³/mol. The van der Waals surface area contributed by atoms with E-state index in [9.17, 15) is 0 Å². The average Bonchev–Trinajstić information content (AvgIpc) is 2.67. The molecule has 0 spiro atoms. The van der Waals surface area contributed by atoms with E-state index in [2.05, 4.69) is 4.98 Å². The minimum atomic E-state index is 0.218. The molecule has 1 atom stereocenters. The summed E-state index contributed by atoms with van der Waals surface area (Å²) in [6, 6.07) is 5.53. The highest BCUT2D eigenvalue weighted by molar-refractivity contribution is 6.29. The molecule has 4 heteroatoms. The molecule has 1 aliphatic heterocycles. The smallest absolute Gasteiger partial charge is 0.129 e. The quantitative estimate of drug-likeness (QED) is 0.721. The molecule has 14 heavy (non-hydrogen) atoms. The van der Waals surface area contributed by atoms with Gasteiger partial charge in [-0.05, 0) is 18.6 Å². The van der Waals surface area contributed by atoms with E-state index < -0.39 is 0 Å². The normalized spacial score (nSPS) is 21.4. The summed E-state index contributed by atoms with van der Waals surface area (Å²) in [5.41, 5.74) is 0.865. The van der Waals surface area contributed by atoms with Crippen LogP contribution in [0.25, 0.3) is 0 Å². The lowest BCUT2D eigenvalue weighted by atomic mass is 10.3. The molecule has 1 aliphatic rings. The average molecular weight is 214 g/mol. The largest absolute Gasteiger partial charge is 0.379 e. The Morgan fingerprint density at radius 1 is 1.57 bits per heavy atom. The van der Waals surface area contributed by atoms with Crippen LogP contribution in [0, 0.1) is 0 Å². The summed E-state index contributed by atoms with van der Waals surface area (Å²) < 4.78 is 10.8. The van der Waals surface area contributed by atoms with E-state index in [1.165, 1.54) is 0 Å². The molecule has 1 aromatic heterocycles. The first-order chi connectivity index (χ1) is 6.84. The zero-order valence-electron chi connectivity index (χ0n) is 7.78. The number of hydrogen-bond donors (Lipinski definition) is 0. The van der Waals surface area contributed by atoms with E-state index in [1.54, 1.807) is 6.07 Å². The first kappa shape index (κ1) is 9.90. The van der Waals surface area contributed by atoms with Gasteiger partial charge in [-0.3, -0.25) is 0 Å². The zero-order valence-corrected chi connectivity index (χ0v) is 8.54.